The highest BCUT2D eigenvalue weighted by Crippen LogP contribution is 2.17. The average Bonchev–Trinajstić information content (AvgIpc) is 2.52. The van der Waals surface area contributed by atoms with Crippen LogP contribution < -0.4 is 5.32 Å². The standard InChI is InChI=1S/C11H21N3/c1-5-12-8-11(9(2)3)14-7-6-13-10(14)4/h6-7,9,11-12H,5,8H2,1-4H3. The average molecular weight is 195 g/mol. The summed E-state index contributed by atoms with van der Waals surface area (Å²) < 4.78 is 2.26. The Bertz CT molecular complexity index is 265. The van der Waals surface area contributed by atoms with Gasteiger partial charge in [-0.3, -0.25) is 0 Å². The first-order valence-corrected chi connectivity index (χ1v) is 5.37. The largest absolute Gasteiger partial charge is 0.331 e. The highest BCUT2D eigenvalue weighted by atomic mass is 15.1. The number of nitrogens with one attached hydrogen (secondary N) is 1. The molecule has 3 heteroatoms. The lowest BCUT2D eigenvalue weighted by Gasteiger charge is -2.23. The molecule has 0 amide bonds. The predicted molar refractivity (Wildman–Crippen MR) is 59.4 cm³/mol. The van der Waals surface area contributed by atoms with E-state index in [0.29, 0.717) is 12.0 Å². The van der Waals surface area contributed by atoms with Crippen molar-refractivity contribution in [1.29, 1.82) is 0 Å². The fourth-order valence-electron chi connectivity index (χ4n) is 1.69. The summed E-state index contributed by atoms with van der Waals surface area (Å²) in [5, 5.41) is 3.40. The van der Waals surface area contributed by atoms with Crippen LogP contribution in [0.4, 0.5) is 0 Å². The number of likely N-dealkylation sites (N-methyl/N-ethyl adjacent to an activating group) is 1. The third-order valence-corrected chi connectivity index (χ3v) is 2.59. The minimum absolute atomic E-state index is 0.512. The van der Waals surface area contributed by atoms with Crippen LogP contribution in [0.25, 0.3) is 0 Å². The van der Waals surface area contributed by atoms with E-state index in [2.05, 4.69) is 48.8 Å². The lowest BCUT2D eigenvalue weighted by Crippen LogP contribution is -2.29. The van der Waals surface area contributed by atoms with Crippen molar-refractivity contribution >= 4 is 0 Å². The van der Waals surface area contributed by atoms with E-state index < -0.39 is 0 Å². The number of imidazole rings is 1. The molecule has 0 radical (unpaired) electrons. The Hall–Kier alpha value is -0.830. The summed E-state index contributed by atoms with van der Waals surface area (Å²) in [6.45, 7) is 10.7. The third kappa shape index (κ3) is 2.58. The van der Waals surface area contributed by atoms with E-state index in [-0.39, 0.29) is 0 Å². The van der Waals surface area contributed by atoms with E-state index in [1.165, 1.54) is 0 Å². The van der Waals surface area contributed by atoms with Crippen LogP contribution in [-0.2, 0) is 0 Å². The van der Waals surface area contributed by atoms with Crippen molar-refractivity contribution in [2.75, 3.05) is 13.1 Å². The van der Waals surface area contributed by atoms with E-state index in [1.54, 1.807) is 0 Å². The molecule has 0 spiro atoms. The van der Waals surface area contributed by atoms with Crippen LogP contribution in [0, 0.1) is 12.8 Å². The molecule has 0 aliphatic rings. The van der Waals surface area contributed by atoms with E-state index in [0.717, 1.165) is 18.9 Å². The summed E-state index contributed by atoms with van der Waals surface area (Å²) in [6.07, 6.45) is 3.94. The minimum Gasteiger partial charge on any atom is -0.331 e. The van der Waals surface area contributed by atoms with Crippen molar-refractivity contribution in [2.24, 2.45) is 5.92 Å². The minimum atomic E-state index is 0.512. The van der Waals surface area contributed by atoms with Gasteiger partial charge in [0.05, 0.1) is 0 Å². The molecule has 0 aliphatic carbocycles. The lowest BCUT2D eigenvalue weighted by molar-refractivity contribution is 0.354. The molecule has 1 rings (SSSR count). The Morgan fingerprint density at radius 1 is 1.50 bits per heavy atom. The first-order chi connectivity index (χ1) is 6.66. The fourth-order valence-corrected chi connectivity index (χ4v) is 1.69. The highest BCUT2D eigenvalue weighted by molar-refractivity contribution is 4.93. The molecular weight excluding hydrogens is 174 g/mol. The number of nitrogens with zero attached hydrogens (tertiary/aromatic N) is 2. The van der Waals surface area contributed by atoms with E-state index in [9.17, 15) is 0 Å². The molecule has 0 aliphatic heterocycles. The second kappa shape index (κ2) is 5.15. The summed E-state index contributed by atoms with van der Waals surface area (Å²) in [5.74, 6) is 1.73. The summed E-state index contributed by atoms with van der Waals surface area (Å²) in [6, 6.07) is 0.512. The summed E-state index contributed by atoms with van der Waals surface area (Å²) in [5.41, 5.74) is 0. The van der Waals surface area contributed by atoms with Crippen molar-refractivity contribution in [1.82, 2.24) is 14.9 Å². The Morgan fingerprint density at radius 2 is 2.21 bits per heavy atom. The van der Waals surface area contributed by atoms with Crippen LogP contribution in [0.15, 0.2) is 12.4 Å². The molecule has 1 aromatic heterocycles. The Morgan fingerprint density at radius 3 is 2.64 bits per heavy atom. The van der Waals surface area contributed by atoms with E-state index >= 15 is 0 Å². The molecule has 0 fully saturated rings. The number of hydrogen-bond donors (Lipinski definition) is 1. The van der Waals surface area contributed by atoms with Gasteiger partial charge in [-0.15, -0.1) is 0 Å². The van der Waals surface area contributed by atoms with Crippen LogP contribution in [0.1, 0.15) is 32.6 Å². The molecule has 0 aromatic carbocycles. The summed E-state index contributed by atoms with van der Waals surface area (Å²) in [7, 11) is 0. The molecule has 1 aromatic rings. The van der Waals surface area contributed by atoms with Gasteiger partial charge in [-0.25, -0.2) is 4.98 Å². The quantitative estimate of drug-likeness (QED) is 0.778. The van der Waals surface area contributed by atoms with Gasteiger partial charge in [0.25, 0.3) is 0 Å². The number of aromatic nitrogens is 2. The molecule has 3 nitrogen and oxygen atoms in total. The van der Waals surface area contributed by atoms with Crippen molar-refractivity contribution in [2.45, 2.75) is 33.7 Å². The van der Waals surface area contributed by atoms with Crippen LogP contribution in [0.3, 0.4) is 0 Å². The smallest absolute Gasteiger partial charge is 0.105 e. The topological polar surface area (TPSA) is 29.9 Å². The monoisotopic (exact) mass is 195 g/mol. The second-order valence-electron chi connectivity index (χ2n) is 4.00. The normalized spacial score (nSPS) is 13.5. The third-order valence-electron chi connectivity index (χ3n) is 2.59. The fraction of sp³-hybridized carbons (Fsp3) is 0.727. The second-order valence-corrected chi connectivity index (χ2v) is 4.00. The predicted octanol–water partition coefficient (Wildman–Crippen LogP) is 2.00. The molecule has 1 unspecified atom stereocenters. The van der Waals surface area contributed by atoms with Gasteiger partial charge in [-0.05, 0) is 19.4 Å². The molecule has 1 atom stereocenters. The van der Waals surface area contributed by atoms with Gasteiger partial charge in [-0.1, -0.05) is 20.8 Å². The maximum atomic E-state index is 4.26. The van der Waals surface area contributed by atoms with Crippen LogP contribution >= 0.6 is 0 Å². The first-order valence-electron chi connectivity index (χ1n) is 5.37. The van der Waals surface area contributed by atoms with E-state index in [1.807, 2.05) is 6.20 Å². The first kappa shape index (κ1) is 11.2. The lowest BCUT2D eigenvalue weighted by atomic mass is 10.0. The SMILES string of the molecule is CCNCC(C(C)C)n1ccnc1C. The maximum absolute atomic E-state index is 4.26. The molecule has 14 heavy (non-hydrogen) atoms. The van der Waals surface area contributed by atoms with Crippen molar-refractivity contribution in [3.8, 4) is 0 Å². The molecule has 1 heterocycles. The maximum Gasteiger partial charge on any atom is 0.105 e. The van der Waals surface area contributed by atoms with Gasteiger partial charge < -0.3 is 9.88 Å². The molecular formula is C11H21N3. The Balaban J connectivity index is 2.73. The molecule has 80 valence electrons. The van der Waals surface area contributed by atoms with Gasteiger partial charge in [0, 0.05) is 25.0 Å². The van der Waals surface area contributed by atoms with Gasteiger partial charge in [0.1, 0.15) is 5.82 Å². The van der Waals surface area contributed by atoms with Crippen LogP contribution in [0.2, 0.25) is 0 Å². The zero-order valence-corrected chi connectivity index (χ0v) is 9.62. The zero-order chi connectivity index (χ0) is 10.6. The highest BCUT2D eigenvalue weighted by Gasteiger charge is 2.15. The van der Waals surface area contributed by atoms with Crippen molar-refractivity contribution < 1.29 is 0 Å². The molecule has 0 saturated carbocycles. The zero-order valence-electron chi connectivity index (χ0n) is 9.62. The van der Waals surface area contributed by atoms with E-state index in [4.69, 9.17) is 0 Å². The van der Waals surface area contributed by atoms with Crippen molar-refractivity contribution in [3.63, 3.8) is 0 Å². The van der Waals surface area contributed by atoms with Crippen LogP contribution in [-0.4, -0.2) is 22.6 Å². The van der Waals surface area contributed by atoms with Crippen LogP contribution in [0.5, 0.6) is 0 Å². The van der Waals surface area contributed by atoms with Gasteiger partial charge in [-0.2, -0.15) is 0 Å². The molecule has 0 bridgehead atoms. The van der Waals surface area contributed by atoms with Gasteiger partial charge >= 0.3 is 0 Å². The van der Waals surface area contributed by atoms with Crippen molar-refractivity contribution in [3.05, 3.63) is 18.2 Å². The number of rotatable bonds is 5. The summed E-state index contributed by atoms with van der Waals surface area (Å²) >= 11 is 0. The Labute approximate surface area is 86.5 Å². The van der Waals surface area contributed by atoms with Gasteiger partial charge in [0.15, 0.2) is 0 Å². The van der Waals surface area contributed by atoms with Gasteiger partial charge in [0.2, 0.25) is 0 Å². The molecule has 1 N–H and O–H groups in total. The number of aryl methyl sites for hydroxylation is 1. The Kier molecular flexibility index (Phi) is 4.14. The number of hydrogen-bond acceptors (Lipinski definition) is 2. The summed E-state index contributed by atoms with van der Waals surface area (Å²) in [4.78, 5) is 4.26. The molecule has 0 saturated heterocycles.